The van der Waals surface area contributed by atoms with Gasteiger partial charge in [0, 0.05) is 0 Å². The van der Waals surface area contributed by atoms with Crippen molar-refractivity contribution in [2.75, 3.05) is 19.5 Å². The van der Waals surface area contributed by atoms with E-state index in [1.807, 2.05) is 0 Å². The second kappa shape index (κ2) is 7.90. The van der Waals surface area contributed by atoms with E-state index in [-0.39, 0.29) is 32.8 Å². The predicted molar refractivity (Wildman–Crippen MR) is 92.5 cm³/mol. The van der Waals surface area contributed by atoms with Crippen LogP contribution in [0.15, 0.2) is 36.4 Å². The zero-order valence-corrected chi connectivity index (χ0v) is 14.4. The highest BCUT2D eigenvalue weighted by atomic mass is 35.5. The number of carbonyl (C=O) groups excluding carboxylic acids is 2. The molecule has 0 fully saturated rings. The third-order valence-electron chi connectivity index (χ3n) is 3.08. The minimum absolute atomic E-state index is 0.0999. The first-order chi connectivity index (χ1) is 11.5. The number of nitrogens with one attached hydrogen (secondary N) is 2. The number of ether oxygens (including phenoxy) is 2. The van der Waals surface area contributed by atoms with Crippen molar-refractivity contribution in [3.05, 3.63) is 52.0 Å². The minimum Gasteiger partial charge on any atom is -0.496 e. The second-order valence-electron chi connectivity index (χ2n) is 4.54. The van der Waals surface area contributed by atoms with Crippen molar-refractivity contribution in [1.82, 2.24) is 5.32 Å². The summed E-state index contributed by atoms with van der Waals surface area (Å²) in [6.07, 6.45) is 0. The smallest absolute Gasteiger partial charge is 0.326 e. The molecule has 2 N–H and O–H groups in total. The van der Waals surface area contributed by atoms with Crippen LogP contribution in [0, 0.1) is 0 Å². The molecular formula is C16H14Cl2N2O4. The molecule has 2 aromatic carbocycles. The summed E-state index contributed by atoms with van der Waals surface area (Å²) < 4.78 is 10.3. The van der Waals surface area contributed by atoms with Crippen LogP contribution in [-0.4, -0.2) is 26.2 Å². The second-order valence-corrected chi connectivity index (χ2v) is 5.36. The van der Waals surface area contributed by atoms with Crippen molar-refractivity contribution in [3.8, 4) is 11.5 Å². The van der Waals surface area contributed by atoms with Gasteiger partial charge in [-0.15, -0.1) is 0 Å². The average Bonchev–Trinajstić information content (AvgIpc) is 2.57. The number of carbonyl (C=O) groups is 2. The third kappa shape index (κ3) is 3.90. The Kier molecular flexibility index (Phi) is 5.89. The van der Waals surface area contributed by atoms with Gasteiger partial charge in [0.15, 0.2) is 0 Å². The average molecular weight is 369 g/mol. The van der Waals surface area contributed by atoms with Crippen molar-refractivity contribution < 1.29 is 19.1 Å². The Bertz CT molecular complexity index is 738. The number of anilines is 1. The molecule has 126 valence electrons. The lowest BCUT2D eigenvalue weighted by molar-refractivity contribution is 0.0961. The summed E-state index contributed by atoms with van der Waals surface area (Å²) in [7, 11) is 2.82. The van der Waals surface area contributed by atoms with Crippen LogP contribution >= 0.6 is 23.2 Å². The molecule has 0 atom stereocenters. The van der Waals surface area contributed by atoms with Crippen molar-refractivity contribution in [1.29, 1.82) is 0 Å². The summed E-state index contributed by atoms with van der Waals surface area (Å²) >= 11 is 11.9. The molecular weight excluding hydrogens is 355 g/mol. The first kappa shape index (κ1) is 17.9. The van der Waals surface area contributed by atoms with Crippen molar-refractivity contribution in [2.24, 2.45) is 0 Å². The summed E-state index contributed by atoms with van der Waals surface area (Å²) in [5.74, 6) is -0.143. The molecule has 2 aromatic rings. The van der Waals surface area contributed by atoms with Gasteiger partial charge >= 0.3 is 6.03 Å². The van der Waals surface area contributed by atoms with E-state index in [0.717, 1.165) is 0 Å². The SMILES string of the molecule is COc1cccc(OC)c1C(=O)NC(=O)Nc1c(Cl)cccc1Cl. The predicted octanol–water partition coefficient (Wildman–Crippen LogP) is 3.97. The molecule has 0 aliphatic rings. The van der Waals surface area contributed by atoms with Crippen LogP contribution in [0.25, 0.3) is 0 Å². The number of amides is 3. The van der Waals surface area contributed by atoms with Crippen LogP contribution in [0.4, 0.5) is 10.5 Å². The highest BCUT2D eigenvalue weighted by Crippen LogP contribution is 2.30. The zero-order valence-electron chi connectivity index (χ0n) is 12.9. The molecule has 6 nitrogen and oxygen atoms in total. The van der Waals surface area contributed by atoms with E-state index >= 15 is 0 Å². The molecule has 0 bridgehead atoms. The first-order valence-corrected chi connectivity index (χ1v) is 7.50. The van der Waals surface area contributed by atoms with Gasteiger partial charge < -0.3 is 14.8 Å². The van der Waals surface area contributed by atoms with Gasteiger partial charge in [0.1, 0.15) is 17.1 Å². The summed E-state index contributed by atoms with van der Waals surface area (Å²) in [5, 5.41) is 5.12. The van der Waals surface area contributed by atoms with Crippen LogP contribution in [0.2, 0.25) is 10.0 Å². The topological polar surface area (TPSA) is 76.7 Å². The standard InChI is InChI=1S/C16H14Cl2N2O4/c1-23-11-7-4-8-12(24-2)13(11)15(21)20-16(22)19-14-9(17)5-3-6-10(14)18/h3-8H,1-2H3,(H2,19,20,21,22). The summed E-state index contributed by atoms with van der Waals surface area (Å²) in [4.78, 5) is 24.4. The Hall–Kier alpha value is -2.44. The summed E-state index contributed by atoms with van der Waals surface area (Å²) in [6.45, 7) is 0. The van der Waals surface area contributed by atoms with E-state index in [4.69, 9.17) is 32.7 Å². The molecule has 0 saturated carbocycles. The zero-order chi connectivity index (χ0) is 17.7. The molecule has 0 aromatic heterocycles. The molecule has 0 aliphatic heterocycles. The van der Waals surface area contributed by atoms with E-state index < -0.39 is 11.9 Å². The molecule has 0 radical (unpaired) electrons. The van der Waals surface area contributed by atoms with E-state index in [1.165, 1.54) is 14.2 Å². The van der Waals surface area contributed by atoms with Crippen LogP contribution in [0.1, 0.15) is 10.4 Å². The van der Waals surface area contributed by atoms with E-state index in [9.17, 15) is 9.59 Å². The monoisotopic (exact) mass is 368 g/mol. The van der Waals surface area contributed by atoms with E-state index in [2.05, 4.69) is 10.6 Å². The van der Waals surface area contributed by atoms with E-state index in [1.54, 1.807) is 36.4 Å². The lowest BCUT2D eigenvalue weighted by Crippen LogP contribution is -2.35. The van der Waals surface area contributed by atoms with Gasteiger partial charge in [-0.05, 0) is 24.3 Å². The van der Waals surface area contributed by atoms with Gasteiger partial charge in [-0.2, -0.15) is 0 Å². The van der Waals surface area contributed by atoms with E-state index in [0.29, 0.717) is 0 Å². The third-order valence-corrected chi connectivity index (χ3v) is 3.71. The van der Waals surface area contributed by atoms with Crippen LogP contribution < -0.4 is 20.1 Å². The fraction of sp³-hybridized carbons (Fsp3) is 0.125. The Balaban J connectivity index is 2.20. The van der Waals surface area contributed by atoms with Gasteiger partial charge in [-0.25, -0.2) is 4.79 Å². The Morgan fingerprint density at radius 2 is 1.42 bits per heavy atom. The molecule has 0 spiro atoms. The van der Waals surface area contributed by atoms with Crippen LogP contribution in [0.5, 0.6) is 11.5 Å². The van der Waals surface area contributed by atoms with Crippen molar-refractivity contribution in [3.63, 3.8) is 0 Å². The fourth-order valence-corrected chi connectivity index (χ4v) is 2.49. The number of benzene rings is 2. The number of imide groups is 1. The Labute approximate surface area is 148 Å². The number of hydrogen-bond donors (Lipinski definition) is 2. The molecule has 24 heavy (non-hydrogen) atoms. The van der Waals surface area contributed by atoms with Gasteiger partial charge in [0.2, 0.25) is 0 Å². The number of hydrogen-bond acceptors (Lipinski definition) is 4. The fourth-order valence-electron chi connectivity index (χ4n) is 2.00. The van der Waals surface area contributed by atoms with Crippen molar-refractivity contribution >= 4 is 40.8 Å². The maximum Gasteiger partial charge on any atom is 0.326 e. The molecule has 0 heterocycles. The number of halogens is 2. The number of para-hydroxylation sites is 1. The Morgan fingerprint density at radius 3 is 1.92 bits per heavy atom. The van der Waals surface area contributed by atoms with Crippen LogP contribution in [-0.2, 0) is 0 Å². The normalized spacial score (nSPS) is 10.0. The highest BCUT2D eigenvalue weighted by Gasteiger charge is 2.21. The quantitative estimate of drug-likeness (QED) is 0.855. The summed E-state index contributed by atoms with van der Waals surface area (Å²) in [6, 6.07) is 8.81. The van der Waals surface area contributed by atoms with Gasteiger partial charge in [-0.3, -0.25) is 10.1 Å². The lowest BCUT2D eigenvalue weighted by atomic mass is 10.1. The highest BCUT2D eigenvalue weighted by molar-refractivity contribution is 6.39. The lowest BCUT2D eigenvalue weighted by Gasteiger charge is -2.13. The maximum absolute atomic E-state index is 12.4. The van der Waals surface area contributed by atoms with Gasteiger partial charge in [0.05, 0.1) is 30.0 Å². The summed E-state index contributed by atoms with van der Waals surface area (Å²) in [5.41, 5.74) is 0.307. The number of methoxy groups -OCH3 is 2. The minimum atomic E-state index is -0.789. The van der Waals surface area contributed by atoms with Crippen molar-refractivity contribution in [2.45, 2.75) is 0 Å². The first-order valence-electron chi connectivity index (χ1n) is 6.75. The Morgan fingerprint density at radius 1 is 0.917 bits per heavy atom. The molecule has 2 rings (SSSR count). The number of urea groups is 1. The van der Waals surface area contributed by atoms with Gasteiger partial charge in [0.25, 0.3) is 5.91 Å². The molecule has 0 saturated heterocycles. The molecule has 0 unspecified atom stereocenters. The molecule has 3 amide bonds. The largest absolute Gasteiger partial charge is 0.496 e. The molecule has 0 aliphatic carbocycles. The van der Waals surface area contributed by atoms with Gasteiger partial charge in [-0.1, -0.05) is 35.3 Å². The molecule has 8 heteroatoms. The van der Waals surface area contributed by atoms with Crippen LogP contribution in [0.3, 0.4) is 0 Å². The number of rotatable bonds is 4. The maximum atomic E-state index is 12.4.